The molecule has 1 aromatic heterocycles. The van der Waals surface area contributed by atoms with E-state index in [9.17, 15) is 9.59 Å². The number of carboxylic acids is 1. The molecular formula is C16H20N2O3. The van der Waals surface area contributed by atoms with Crippen molar-refractivity contribution in [2.45, 2.75) is 45.1 Å². The maximum Gasteiger partial charge on any atom is 0.337 e. The number of rotatable bonds is 2. The van der Waals surface area contributed by atoms with Crippen LogP contribution in [0.5, 0.6) is 0 Å². The van der Waals surface area contributed by atoms with Crippen LogP contribution in [0.25, 0.3) is 0 Å². The SMILES string of the molecule is Cc1nc(C(=O)N2CCC3CCCCC32)ccc1C(=O)O. The zero-order valence-electron chi connectivity index (χ0n) is 12.2. The molecule has 0 bridgehead atoms. The minimum absolute atomic E-state index is 0.0514. The Morgan fingerprint density at radius 3 is 2.71 bits per heavy atom. The molecule has 2 heterocycles. The first-order chi connectivity index (χ1) is 10.1. The van der Waals surface area contributed by atoms with Gasteiger partial charge >= 0.3 is 5.97 Å². The molecule has 112 valence electrons. The molecule has 0 radical (unpaired) electrons. The third-order valence-electron chi connectivity index (χ3n) is 4.81. The van der Waals surface area contributed by atoms with Crippen LogP contribution in [0.4, 0.5) is 0 Å². The van der Waals surface area contributed by atoms with Crippen molar-refractivity contribution >= 4 is 11.9 Å². The number of carbonyl (C=O) groups excluding carboxylic acids is 1. The number of aromatic carboxylic acids is 1. The number of aromatic nitrogens is 1. The Hall–Kier alpha value is -1.91. The van der Waals surface area contributed by atoms with Crippen molar-refractivity contribution < 1.29 is 14.7 Å². The average Bonchev–Trinajstić information content (AvgIpc) is 2.90. The number of hydrogen-bond acceptors (Lipinski definition) is 3. The van der Waals surface area contributed by atoms with Crippen molar-refractivity contribution in [1.29, 1.82) is 0 Å². The van der Waals surface area contributed by atoms with Gasteiger partial charge in [-0.15, -0.1) is 0 Å². The maximum atomic E-state index is 12.7. The van der Waals surface area contributed by atoms with Gasteiger partial charge < -0.3 is 10.0 Å². The van der Waals surface area contributed by atoms with Crippen molar-refractivity contribution in [2.24, 2.45) is 5.92 Å². The Balaban J connectivity index is 1.82. The fraction of sp³-hybridized carbons (Fsp3) is 0.562. The van der Waals surface area contributed by atoms with E-state index in [0.717, 1.165) is 19.4 Å². The molecule has 2 atom stereocenters. The van der Waals surface area contributed by atoms with Gasteiger partial charge in [0, 0.05) is 12.6 Å². The summed E-state index contributed by atoms with van der Waals surface area (Å²) >= 11 is 0. The summed E-state index contributed by atoms with van der Waals surface area (Å²) in [6.45, 7) is 2.43. The fourth-order valence-corrected chi connectivity index (χ4v) is 3.71. The molecule has 1 amide bonds. The molecule has 2 unspecified atom stereocenters. The number of nitrogens with zero attached hydrogens (tertiary/aromatic N) is 2. The standard InChI is InChI=1S/C16H20N2O3/c1-10-12(16(20)21)6-7-13(17-10)15(19)18-9-8-11-4-2-3-5-14(11)18/h6-7,11,14H,2-5,8-9H2,1H3,(H,20,21). The Morgan fingerprint density at radius 1 is 1.24 bits per heavy atom. The van der Waals surface area contributed by atoms with E-state index in [-0.39, 0.29) is 11.5 Å². The van der Waals surface area contributed by atoms with Crippen LogP contribution in [0.2, 0.25) is 0 Å². The third-order valence-corrected chi connectivity index (χ3v) is 4.81. The van der Waals surface area contributed by atoms with Gasteiger partial charge in [-0.25, -0.2) is 9.78 Å². The first-order valence-electron chi connectivity index (χ1n) is 7.60. The number of likely N-dealkylation sites (tertiary alicyclic amines) is 1. The lowest BCUT2D eigenvalue weighted by Gasteiger charge is -2.31. The molecule has 0 aromatic carbocycles. The van der Waals surface area contributed by atoms with Crippen molar-refractivity contribution in [3.05, 3.63) is 29.1 Å². The number of fused-ring (bicyclic) bond motifs is 1. The number of pyridine rings is 1. The lowest BCUT2D eigenvalue weighted by molar-refractivity contribution is 0.0673. The van der Waals surface area contributed by atoms with Gasteiger partial charge in [0.1, 0.15) is 5.69 Å². The predicted octanol–water partition coefficient (Wildman–Crippen LogP) is 2.49. The Kier molecular flexibility index (Phi) is 3.66. The summed E-state index contributed by atoms with van der Waals surface area (Å²) < 4.78 is 0. The van der Waals surface area contributed by atoms with Crippen LogP contribution in [-0.4, -0.2) is 39.5 Å². The highest BCUT2D eigenvalue weighted by molar-refractivity contribution is 5.94. The molecular weight excluding hydrogens is 268 g/mol. The number of hydrogen-bond donors (Lipinski definition) is 1. The van der Waals surface area contributed by atoms with Gasteiger partial charge in [-0.2, -0.15) is 0 Å². The lowest BCUT2D eigenvalue weighted by Crippen LogP contribution is -2.39. The highest BCUT2D eigenvalue weighted by Crippen LogP contribution is 2.36. The maximum absolute atomic E-state index is 12.7. The van der Waals surface area contributed by atoms with Crippen LogP contribution in [0.1, 0.15) is 58.6 Å². The first kappa shape index (κ1) is 14.0. The van der Waals surface area contributed by atoms with Crippen LogP contribution >= 0.6 is 0 Å². The summed E-state index contributed by atoms with van der Waals surface area (Å²) in [5.41, 5.74) is 0.917. The van der Waals surface area contributed by atoms with E-state index < -0.39 is 5.97 Å². The molecule has 3 rings (SSSR count). The van der Waals surface area contributed by atoms with Crippen LogP contribution in [0, 0.1) is 12.8 Å². The second kappa shape index (κ2) is 5.47. The fourth-order valence-electron chi connectivity index (χ4n) is 3.71. The van der Waals surface area contributed by atoms with E-state index in [2.05, 4.69) is 4.98 Å². The van der Waals surface area contributed by atoms with Crippen LogP contribution < -0.4 is 0 Å². The van der Waals surface area contributed by atoms with Gasteiger partial charge in [-0.3, -0.25) is 4.79 Å². The van der Waals surface area contributed by atoms with E-state index in [0.29, 0.717) is 23.3 Å². The van der Waals surface area contributed by atoms with Crippen molar-refractivity contribution in [2.75, 3.05) is 6.54 Å². The number of carbonyl (C=O) groups is 2. The molecule has 0 spiro atoms. The number of amides is 1. The Bertz CT molecular complexity index is 585. The second-order valence-electron chi connectivity index (χ2n) is 6.03. The molecule has 5 heteroatoms. The number of carboxylic acid groups (broad SMARTS) is 1. The van der Waals surface area contributed by atoms with Gasteiger partial charge in [-0.05, 0) is 44.2 Å². The van der Waals surface area contributed by atoms with Crippen LogP contribution in [0.15, 0.2) is 12.1 Å². The average molecular weight is 288 g/mol. The molecule has 1 aliphatic heterocycles. The van der Waals surface area contributed by atoms with Gasteiger partial charge in [0.05, 0.1) is 11.3 Å². The van der Waals surface area contributed by atoms with Crippen LogP contribution in [0.3, 0.4) is 0 Å². The van der Waals surface area contributed by atoms with E-state index in [1.807, 2.05) is 4.90 Å². The van der Waals surface area contributed by atoms with Crippen molar-refractivity contribution in [3.63, 3.8) is 0 Å². The van der Waals surface area contributed by atoms with Crippen molar-refractivity contribution in [3.8, 4) is 0 Å². The van der Waals surface area contributed by atoms with E-state index >= 15 is 0 Å². The summed E-state index contributed by atoms with van der Waals surface area (Å²) in [5.74, 6) is -0.418. The first-order valence-corrected chi connectivity index (χ1v) is 7.60. The van der Waals surface area contributed by atoms with Crippen molar-refractivity contribution in [1.82, 2.24) is 9.88 Å². The van der Waals surface area contributed by atoms with E-state index in [1.165, 1.54) is 31.4 Å². The minimum Gasteiger partial charge on any atom is -0.478 e. The highest BCUT2D eigenvalue weighted by atomic mass is 16.4. The quantitative estimate of drug-likeness (QED) is 0.907. The normalized spacial score (nSPS) is 24.7. The largest absolute Gasteiger partial charge is 0.478 e. The van der Waals surface area contributed by atoms with E-state index in [4.69, 9.17) is 5.11 Å². The Labute approximate surface area is 124 Å². The molecule has 5 nitrogen and oxygen atoms in total. The minimum atomic E-state index is -1.01. The second-order valence-corrected chi connectivity index (χ2v) is 6.03. The summed E-state index contributed by atoms with van der Waals surface area (Å²) in [5, 5.41) is 9.03. The third kappa shape index (κ3) is 2.52. The zero-order valence-corrected chi connectivity index (χ0v) is 12.2. The van der Waals surface area contributed by atoms with Crippen LogP contribution in [-0.2, 0) is 0 Å². The van der Waals surface area contributed by atoms with E-state index in [1.54, 1.807) is 6.92 Å². The monoisotopic (exact) mass is 288 g/mol. The number of aryl methyl sites for hydroxylation is 1. The predicted molar refractivity (Wildman–Crippen MR) is 77.3 cm³/mol. The molecule has 1 N–H and O–H groups in total. The van der Waals surface area contributed by atoms with Gasteiger partial charge in [0.2, 0.25) is 0 Å². The summed E-state index contributed by atoms with van der Waals surface area (Å²) in [6.07, 6.45) is 5.85. The highest BCUT2D eigenvalue weighted by Gasteiger charge is 2.38. The van der Waals surface area contributed by atoms with Gasteiger partial charge in [0.25, 0.3) is 5.91 Å². The summed E-state index contributed by atoms with van der Waals surface area (Å²) in [4.78, 5) is 29.8. The molecule has 1 saturated heterocycles. The summed E-state index contributed by atoms with van der Waals surface area (Å²) in [6, 6.07) is 3.37. The molecule has 2 fully saturated rings. The smallest absolute Gasteiger partial charge is 0.337 e. The summed E-state index contributed by atoms with van der Waals surface area (Å²) in [7, 11) is 0. The molecule has 1 saturated carbocycles. The topological polar surface area (TPSA) is 70.5 Å². The molecule has 21 heavy (non-hydrogen) atoms. The zero-order chi connectivity index (χ0) is 15.0. The lowest BCUT2D eigenvalue weighted by atomic mass is 9.85. The molecule has 1 aliphatic carbocycles. The Morgan fingerprint density at radius 2 is 2.00 bits per heavy atom. The van der Waals surface area contributed by atoms with Gasteiger partial charge in [0.15, 0.2) is 0 Å². The molecule has 2 aliphatic rings. The molecule has 1 aromatic rings. The van der Waals surface area contributed by atoms with Gasteiger partial charge in [-0.1, -0.05) is 12.8 Å².